The molecule has 0 aliphatic rings. The minimum Gasteiger partial charge on any atom is -0.320 e. The maximum absolute atomic E-state index is 13.3. The van der Waals surface area contributed by atoms with Crippen molar-refractivity contribution in [2.45, 2.75) is 25.3 Å². The van der Waals surface area contributed by atoms with Crippen molar-refractivity contribution in [2.75, 3.05) is 0 Å². The number of halogens is 4. The Morgan fingerprint density at radius 3 is 2.53 bits per heavy atom. The molecule has 1 rings (SSSR count). The summed E-state index contributed by atoms with van der Waals surface area (Å²) in [6, 6.07) is 4.32. The van der Waals surface area contributed by atoms with Crippen LogP contribution in [0.5, 0.6) is 0 Å². The van der Waals surface area contributed by atoms with Crippen molar-refractivity contribution < 1.29 is 13.2 Å². The molecule has 0 fully saturated rings. The van der Waals surface area contributed by atoms with E-state index < -0.39 is 17.8 Å². The molecule has 1 nitrogen and oxygen atoms in total. The summed E-state index contributed by atoms with van der Waals surface area (Å²) in [4.78, 5) is 0. The Morgan fingerprint density at radius 2 is 2.07 bits per heavy atom. The van der Waals surface area contributed by atoms with Crippen molar-refractivity contribution in [1.29, 1.82) is 0 Å². The van der Waals surface area contributed by atoms with Crippen LogP contribution in [-0.2, 0) is 6.42 Å². The minimum atomic E-state index is -2.69. The maximum atomic E-state index is 13.3. The molecule has 1 aromatic rings. The van der Waals surface area contributed by atoms with Crippen molar-refractivity contribution >= 4 is 15.9 Å². The molecule has 5 heteroatoms. The highest BCUT2D eigenvalue weighted by molar-refractivity contribution is 9.10. The maximum Gasteiger partial charge on any atom is 0.256 e. The van der Waals surface area contributed by atoms with Crippen molar-refractivity contribution in [2.24, 2.45) is 5.73 Å². The van der Waals surface area contributed by atoms with E-state index in [9.17, 15) is 13.2 Å². The molecule has 1 unspecified atom stereocenters. The van der Waals surface area contributed by atoms with Crippen molar-refractivity contribution in [3.8, 4) is 0 Å². The summed E-state index contributed by atoms with van der Waals surface area (Å²) in [6.07, 6.45) is -2.90. The predicted octanol–water partition coefficient (Wildman–Crippen LogP) is 3.11. The lowest BCUT2D eigenvalue weighted by molar-refractivity contribution is 0.0634. The third-order valence-electron chi connectivity index (χ3n) is 2.12. The van der Waals surface area contributed by atoms with Crippen LogP contribution in [0, 0.1) is 5.82 Å². The molecule has 0 aliphatic carbocycles. The average Bonchev–Trinajstić information content (AvgIpc) is 2.11. The molecular formula is C10H11BrF3N. The van der Waals surface area contributed by atoms with Gasteiger partial charge in [-0.15, -0.1) is 0 Å². The van der Waals surface area contributed by atoms with E-state index in [2.05, 4.69) is 15.9 Å². The van der Waals surface area contributed by atoms with Gasteiger partial charge in [-0.2, -0.15) is 0 Å². The van der Waals surface area contributed by atoms with E-state index in [1.165, 1.54) is 19.1 Å². The number of nitrogens with two attached hydrogens (primary N) is 1. The van der Waals surface area contributed by atoms with E-state index in [4.69, 9.17) is 5.73 Å². The van der Waals surface area contributed by atoms with Gasteiger partial charge in [-0.05, 0) is 25.5 Å². The molecule has 2 N–H and O–H groups in total. The smallest absolute Gasteiger partial charge is 0.256 e. The lowest BCUT2D eigenvalue weighted by Gasteiger charge is -2.24. The first-order chi connectivity index (χ1) is 6.84. The first kappa shape index (κ1) is 12.5. The molecular weight excluding hydrogens is 271 g/mol. The van der Waals surface area contributed by atoms with Gasteiger partial charge in [0.25, 0.3) is 6.43 Å². The van der Waals surface area contributed by atoms with Gasteiger partial charge in [-0.1, -0.05) is 22.0 Å². The fourth-order valence-electron chi connectivity index (χ4n) is 1.16. The van der Waals surface area contributed by atoms with Crippen LogP contribution in [0.2, 0.25) is 0 Å². The van der Waals surface area contributed by atoms with E-state index >= 15 is 0 Å². The van der Waals surface area contributed by atoms with Gasteiger partial charge in [0.05, 0.1) is 5.54 Å². The second kappa shape index (κ2) is 4.53. The molecule has 0 heterocycles. The molecule has 15 heavy (non-hydrogen) atoms. The second-order valence-electron chi connectivity index (χ2n) is 3.68. The summed E-state index contributed by atoms with van der Waals surface area (Å²) in [7, 11) is 0. The van der Waals surface area contributed by atoms with Gasteiger partial charge in [0.1, 0.15) is 5.82 Å². The zero-order valence-corrected chi connectivity index (χ0v) is 9.69. The van der Waals surface area contributed by atoms with Crippen molar-refractivity contribution in [1.82, 2.24) is 0 Å². The predicted molar refractivity (Wildman–Crippen MR) is 56.4 cm³/mol. The molecule has 0 radical (unpaired) electrons. The lowest BCUT2D eigenvalue weighted by Crippen LogP contribution is -2.46. The summed E-state index contributed by atoms with van der Waals surface area (Å²) in [5.74, 6) is -0.526. The van der Waals surface area contributed by atoms with Gasteiger partial charge in [0.15, 0.2) is 0 Å². The molecule has 0 bridgehead atoms. The van der Waals surface area contributed by atoms with Crippen LogP contribution in [0.1, 0.15) is 12.5 Å². The minimum absolute atomic E-state index is 0.183. The van der Waals surface area contributed by atoms with Crippen LogP contribution in [0.4, 0.5) is 13.2 Å². The van der Waals surface area contributed by atoms with Crippen LogP contribution in [0.25, 0.3) is 0 Å². The highest BCUT2D eigenvalue weighted by atomic mass is 79.9. The summed E-state index contributed by atoms with van der Waals surface area (Å²) >= 11 is 3.11. The summed E-state index contributed by atoms with van der Waals surface area (Å²) in [5.41, 5.74) is 3.86. The molecule has 1 atom stereocenters. The Labute approximate surface area is 94.6 Å². The summed E-state index contributed by atoms with van der Waals surface area (Å²) in [5, 5.41) is 0. The zero-order valence-electron chi connectivity index (χ0n) is 8.11. The molecule has 84 valence electrons. The first-order valence-corrected chi connectivity index (χ1v) is 5.14. The van der Waals surface area contributed by atoms with Gasteiger partial charge >= 0.3 is 0 Å². The first-order valence-electron chi connectivity index (χ1n) is 4.34. The topological polar surface area (TPSA) is 26.0 Å². The van der Waals surface area contributed by atoms with Crippen LogP contribution < -0.4 is 5.73 Å². The highest BCUT2D eigenvalue weighted by Crippen LogP contribution is 2.26. The number of benzene rings is 1. The Balaban J connectivity index is 2.99. The standard InChI is InChI=1S/C10H11BrF3N/c1-10(15,9(13)14)5-6-7(11)3-2-4-8(6)12/h2-4,9H,5,15H2,1H3. The average molecular weight is 282 g/mol. The number of hydrogen-bond acceptors (Lipinski definition) is 1. The number of alkyl halides is 2. The number of hydrogen-bond donors (Lipinski definition) is 1. The number of rotatable bonds is 3. The third kappa shape index (κ3) is 2.95. The molecule has 0 saturated carbocycles. The van der Waals surface area contributed by atoms with E-state index in [0.717, 1.165) is 0 Å². The lowest BCUT2D eigenvalue weighted by atomic mass is 9.94. The fraction of sp³-hybridized carbons (Fsp3) is 0.400. The quantitative estimate of drug-likeness (QED) is 0.905. The normalized spacial score (nSPS) is 15.4. The van der Waals surface area contributed by atoms with Crippen LogP contribution in [0.3, 0.4) is 0 Å². The Hall–Kier alpha value is -0.550. The third-order valence-corrected chi connectivity index (χ3v) is 2.86. The van der Waals surface area contributed by atoms with E-state index in [1.54, 1.807) is 6.07 Å². The van der Waals surface area contributed by atoms with Gasteiger partial charge in [-0.25, -0.2) is 13.2 Å². The van der Waals surface area contributed by atoms with E-state index in [1.807, 2.05) is 0 Å². The van der Waals surface area contributed by atoms with Crippen LogP contribution in [0.15, 0.2) is 22.7 Å². The summed E-state index contributed by atoms with van der Waals surface area (Å²) in [6.45, 7) is 1.20. The van der Waals surface area contributed by atoms with Crippen LogP contribution in [-0.4, -0.2) is 12.0 Å². The molecule has 0 aromatic heterocycles. The molecule has 0 aliphatic heterocycles. The Kier molecular flexibility index (Phi) is 3.78. The molecule has 0 saturated heterocycles. The monoisotopic (exact) mass is 281 g/mol. The highest BCUT2D eigenvalue weighted by Gasteiger charge is 2.32. The van der Waals surface area contributed by atoms with Crippen LogP contribution >= 0.6 is 15.9 Å². The molecule has 1 aromatic carbocycles. The Morgan fingerprint density at radius 1 is 1.47 bits per heavy atom. The van der Waals surface area contributed by atoms with Crippen molar-refractivity contribution in [3.63, 3.8) is 0 Å². The van der Waals surface area contributed by atoms with Gasteiger partial charge in [0, 0.05) is 10.0 Å². The van der Waals surface area contributed by atoms with E-state index in [0.29, 0.717) is 4.47 Å². The molecule has 0 spiro atoms. The van der Waals surface area contributed by atoms with Gasteiger partial charge in [0.2, 0.25) is 0 Å². The SMILES string of the molecule is CC(N)(Cc1c(F)cccc1Br)C(F)F. The van der Waals surface area contributed by atoms with Gasteiger partial charge < -0.3 is 5.73 Å². The van der Waals surface area contributed by atoms with Crippen molar-refractivity contribution in [3.05, 3.63) is 34.1 Å². The summed E-state index contributed by atoms with van der Waals surface area (Å²) < 4.78 is 38.8. The molecule has 0 amide bonds. The fourth-order valence-corrected chi connectivity index (χ4v) is 1.64. The second-order valence-corrected chi connectivity index (χ2v) is 4.54. The van der Waals surface area contributed by atoms with Gasteiger partial charge in [-0.3, -0.25) is 0 Å². The largest absolute Gasteiger partial charge is 0.320 e. The zero-order chi connectivity index (χ0) is 11.6. The Bertz CT molecular complexity index is 332. The van der Waals surface area contributed by atoms with E-state index in [-0.39, 0.29) is 12.0 Å².